The summed E-state index contributed by atoms with van der Waals surface area (Å²) in [5.74, 6) is -2.11. The summed E-state index contributed by atoms with van der Waals surface area (Å²) in [6.07, 6.45) is -1.07. The predicted molar refractivity (Wildman–Crippen MR) is 105 cm³/mol. The number of methoxy groups -OCH3 is 1. The fraction of sp³-hybridized carbons (Fsp3) is 0.304. The van der Waals surface area contributed by atoms with Crippen LogP contribution in [-0.4, -0.2) is 18.8 Å². The highest BCUT2D eigenvalue weighted by Gasteiger charge is 2.79. The number of nitrogens with one attached hydrogen (secondary N) is 1. The Morgan fingerprint density at radius 2 is 1.57 bits per heavy atom. The summed E-state index contributed by atoms with van der Waals surface area (Å²) >= 11 is 0. The SMILES string of the molecule is COc1ccc(C2C3(C)OC(=N)C2(C#N)C(C#N)(C#N)C(c2ccccc2)O3)cc1. The molecule has 2 aromatic carbocycles. The molecule has 30 heavy (non-hydrogen) atoms. The Hall–Kier alpha value is -3.86. The van der Waals surface area contributed by atoms with Crippen molar-refractivity contribution in [2.75, 3.05) is 7.11 Å². The lowest BCUT2D eigenvalue weighted by molar-refractivity contribution is -0.253. The van der Waals surface area contributed by atoms with Gasteiger partial charge in [0, 0.05) is 6.92 Å². The lowest BCUT2D eigenvalue weighted by Crippen LogP contribution is -2.57. The van der Waals surface area contributed by atoms with Crippen LogP contribution in [0.2, 0.25) is 0 Å². The van der Waals surface area contributed by atoms with E-state index >= 15 is 0 Å². The van der Waals surface area contributed by atoms with Crippen LogP contribution < -0.4 is 4.74 Å². The molecule has 7 nitrogen and oxygen atoms in total. The number of ether oxygens (including phenoxy) is 3. The molecule has 2 heterocycles. The van der Waals surface area contributed by atoms with Gasteiger partial charge in [0.25, 0.3) is 0 Å². The van der Waals surface area contributed by atoms with E-state index in [4.69, 9.17) is 19.6 Å². The van der Waals surface area contributed by atoms with Gasteiger partial charge in [-0.15, -0.1) is 0 Å². The highest BCUT2D eigenvalue weighted by atomic mass is 16.7. The smallest absolute Gasteiger partial charge is 0.218 e. The molecule has 2 aliphatic heterocycles. The second-order valence-corrected chi connectivity index (χ2v) is 7.51. The van der Waals surface area contributed by atoms with Crippen LogP contribution in [0.15, 0.2) is 54.6 Å². The van der Waals surface area contributed by atoms with Gasteiger partial charge in [0.15, 0.2) is 5.41 Å². The third-order valence-corrected chi connectivity index (χ3v) is 6.07. The van der Waals surface area contributed by atoms with E-state index in [1.54, 1.807) is 62.6 Å². The van der Waals surface area contributed by atoms with Gasteiger partial charge in [-0.3, -0.25) is 5.41 Å². The second kappa shape index (κ2) is 6.59. The number of rotatable bonds is 3. The third kappa shape index (κ3) is 2.23. The van der Waals surface area contributed by atoms with Gasteiger partial charge >= 0.3 is 0 Å². The Labute approximate surface area is 174 Å². The lowest BCUT2D eigenvalue weighted by Gasteiger charge is -2.48. The van der Waals surface area contributed by atoms with Crippen molar-refractivity contribution < 1.29 is 14.2 Å². The maximum Gasteiger partial charge on any atom is 0.218 e. The molecule has 2 bridgehead atoms. The van der Waals surface area contributed by atoms with Crippen molar-refractivity contribution in [3.05, 3.63) is 65.7 Å². The first kappa shape index (κ1) is 19.5. The van der Waals surface area contributed by atoms with Crippen LogP contribution in [0.1, 0.15) is 30.1 Å². The molecule has 0 aromatic heterocycles. The first-order chi connectivity index (χ1) is 14.4. The van der Waals surface area contributed by atoms with Crippen LogP contribution >= 0.6 is 0 Å². The van der Waals surface area contributed by atoms with E-state index in [0.29, 0.717) is 16.9 Å². The summed E-state index contributed by atoms with van der Waals surface area (Å²) in [6.45, 7) is 1.64. The molecular weight excluding hydrogens is 380 g/mol. The Kier molecular flexibility index (Phi) is 4.28. The number of nitriles is 3. The fourth-order valence-electron chi connectivity index (χ4n) is 4.71. The summed E-state index contributed by atoms with van der Waals surface area (Å²) in [5.41, 5.74) is -2.68. The number of benzene rings is 2. The molecule has 2 aliphatic rings. The summed E-state index contributed by atoms with van der Waals surface area (Å²) in [4.78, 5) is 0. The lowest BCUT2D eigenvalue weighted by atomic mass is 9.52. The van der Waals surface area contributed by atoms with Crippen molar-refractivity contribution in [1.29, 1.82) is 21.2 Å². The zero-order valence-corrected chi connectivity index (χ0v) is 16.4. The van der Waals surface area contributed by atoms with E-state index in [0.717, 1.165) is 0 Å². The molecule has 0 aliphatic carbocycles. The molecule has 7 heteroatoms. The topological polar surface area (TPSA) is 123 Å². The van der Waals surface area contributed by atoms with Gasteiger partial charge in [0.1, 0.15) is 11.9 Å². The highest BCUT2D eigenvalue weighted by molar-refractivity contribution is 5.90. The summed E-state index contributed by atoms with van der Waals surface area (Å²) < 4.78 is 17.3. The molecule has 2 aromatic rings. The number of nitrogens with zero attached hydrogens (tertiary/aromatic N) is 3. The molecule has 148 valence electrons. The van der Waals surface area contributed by atoms with Crippen LogP contribution in [0, 0.1) is 50.2 Å². The standard InChI is InChI=1S/C23H18N4O3/c1-21-18(15-8-10-17(28-2)11-9-15)23(14-26,20(27)30-21)22(12-24,13-25)19(29-21)16-6-4-3-5-7-16/h3-11,18-19,27H,1-2H3. The summed E-state index contributed by atoms with van der Waals surface area (Å²) in [6, 6.07) is 22.0. The van der Waals surface area contributed by atoms with E-state index in [2.05, 4.69) is 18.2 Å². The monoisotopic (exact) mass is 398 g/mol. The molecule has 0 saturated carbocycles. The van der Waals surface area contributed by atoms with Crippen molar-refractivity contribution in [3.8, 4) is 24.0 Å². The quantitative estimate of drug-likeness (QED) is 0.838. The average Bonchev–Trinajstić information content (AvgIpc) is 2.97. The maximum absolute atomic E-state index is 10.4. The first-order valence-electron chi connectivity index (χ1n) is 9.31. The molecule has 4 rings (SSSR count). The molecule has 0 radical (unpaired) electrons. The fourth-order valence-corrected chi connectivity index (χ4v) is 4.71. The van der Waals surface area contributed by atoms with Crippen LogP contribution in [0.3, 0.4) is 0 Å². The van der Waals surface area contributed by atoms with Crippen molar-refractivity contribution in [3.63, 3.8) is 0 Å². The van der Waals surface area contributed by atoms with Crippen molar-refractivity contribution in [2.45, 2.75) is 24.7 Å². The van der Waals surface area contributed by atoms with E-state index in [1.807, 2.05) is 6.07 Å². The number of hydrogen-bond donors (Lipinski definition) is 1. The largest absolute Gasteiger partial charge is 0.497 e. The maximum atomic E-state index is 10.4. The van der Waals surface area contributed by atoms with E-state index in [1.165, 1.54) is 0 Å². The van der Waals surface area contributed by atoms with Crippen LogP contribution in [0.5, 0.6) is 5.75 Å². The van der Waals surface area contributed by atoms with Gasteiger partial charge in [-0.25, -0.2) is 0 Å². The Balaban J connectivity index is 2.00. The van der Waals surface area contributed by atoms with Crippen LogP contribution in [-0.2, 0) is 9.47 Å². The molecule has 2 fully saturated rings. The Bertz CT molecular complexity index is 1110. The zero-order valence-electron chi connectivity index (χ0n) is 16.4. The zero-order chi connectivity index (χ0) is 21.6. The molecular formula is C23H18N4O3. The number of fused-ring (bicyclic) bond motifs is 2. The van der Waals surface area contributed by atoms with Crippen molar-refractivity contribution in [2.24, 2.45) is 10.8 Å². The van der Waals surface area contributed by atoms with E-state index < -0.39 is 34.5 Å². The Morgan fingerprint density at radius 1 is 0.933 bits per heavy atom. The molecule has 4 unspecified atom stereocenters. The minimum Gasteiger partial charge on any atom is -0.497 e. The van der Waals surface area contributed by atoms with Crippen molar-refractivity contribution in [1.82, 2.24) is 0 Å². The van der Waals surface area contributed by atoms with Crippen LogP contribution in [0.4, 0.5) is 0 Å². The summed E-state index contributed by atoms with van der Waals surface area (Å²) in [7, 11) is 1.54. The van der Waals surface area contributed by atoms with E-state index in [-0.39, 0.29) is 0 Å². The van der Waals surface area contributed by atoms with Crippen molar-refractivity contribution >= 4 is 5.90 Å². The summed E-state index contributed by atoms with van der Waals surface area (Å²) in [5, 5.41) is 39.5. The normalized spacial score (nSPS) is 31.0. The molecule has 4 atom stereocenters. The molecule has 1 N–H and O–H groups in total. The third-order valence-electron chi connectivity index (χ3n) is 6.07. The van der Waals surface area contributed by atoms with Crippen LogP contribution in [0.25, 0.3) is 0 Å². The molecule has 2 saturated heterocycles. The van der Waals surface area contributed by atoms with Gasteiger partial charge in [-0.2, -0.15) is 15.8 Å². The van der Waals surface area contributed by atoms with Gasteiger partial charge in [-0.1, -0.05) is 42.5 Å². The second-order valence-electron chi connectivity index (χ2n) is 7.51. The van der Waals surface area contributed by atoms with Gasteiger partial charge in [-0.05, 0) is 23.3 Å². The average molecular weight is 398 g/mol. The molecule has 0 spiro atoms. The van der Waals surface area contributed by atoms with Gasteiger partial charge in [0.05, 0.1) is 31.2 Å². The highest BCUT2D eigenvalue weighted by Crippen LogP contribution is 2.69. The predicted octanol–water partition coefficient (Wildman–Crippen LogP) is 3.82. The Morgan fingerprint density at radius 3 is 2.10 bits per heavy atom. The first-order valence-corrected chi connectivity index (χ1v) is 9.31. The minimum absolute atomic E-state index is 0.435. The number of hydrogen-bond acceptors (Lipinski definition) is 7. The minimum atomic E-state index is -2.00. The molecule has 0 amide bonds. The van der Waals surface area contributed by atoms with E-state index in [9.17, 15) is 15.8 Å². The van der Waals surface area contributed by atoms with Gasteiger partial charge in [0.2, 0.25) is 17.1 Å². The van der Waals surface area contributed by atoms with Gasteiger partial charge < -0.3 is 14.2 Å².